The van der Waals surface area contributed by atoms with Gasteiger partial charge in [0.1, 0.15) is 11.3 Å². The maximum Gasteiger partial charge on any atom is 0.335 e. The Hall–Kier alpha value is -4.37. The molecule has 2 aromatic carbocycles. The number of aromatic carboxylic acids is 1. The summed E-state index contributed by atoms with van der Waals surface area (Å²) in [5.74, 6) is -0.715. The van der Waals surface area contributed by atoms with E-state index in [4.69, 9.17) is 9.47 Å². The van der Waals surface area contributed by atoms with E-state index in [1.807, 2.05) is 44.2 Å². The van der Waals surface area contributed by atoms with Gasteiger partial charge in [-0.25, -0.2) is 4.79 Å². The van der Waals surface area contributed by atoms with Crippen LogP contribution in [0.3, 0.4) is 0 Å². The number of carboxylic acids is 1. The van der Waals surface area contributed by atoms with Crippen molar-refractivity contribution in [2.75, 3.05) is 34.3 Å². The molecule has 242 valence electrons. The van der Waals surface area contributed by atoms with Crippen molar-refractivity contribution in [3.8, 4) is 17.0 Å². The first-order valence-corrected chi connectivity index (χ1v) is 16.2. The number of nitrogens with zero attached hydrogens (tertiary/aromatic N) is 3. The number of fused-ring (bicyclic) bond motifs is 5. The van der Waals surface area contributed by atoms with Crippen LogP contribution >= 0.6 is 0 Å². The molecule has 1 aliphatic carbocycles. The molecule has 6 rings (SSSR count). The predicted molar refractivity (Wildman–Crippen MR) is 178 cm³/mol. The van der Waals surface area contributed by atoms with E-state index in [1.165, 1.54) is 12.0 Å². The van der Waals surface area contributed by atoms with Crippen LogP contribution < -0.4 is 4.74 Å². The third-order valence-electron chi connectivity index (χ3n) is 9.40. The zero-order valence-corrected chi connectivity index (χ0v) is 27.3. The molecular weight excluding hydrogens is 582 g/mol. The van der Waals surface area contributed by atoms with Gasteiger partial charge in [-0.15, -0.1) is 0 Å². The number of methoxy groups -OCH3 is 1. The number of aromatic nitrogens is 1. The molecule has 1 amide bonds. The maximum atomic E-state index is 14.6. The van der Waals surface area contributed by atoms with Crippen LogP contribution in [0.1, 0.15) is 73.4 Å². The van der Waals surface area contributed by atoms with Gasteiger partial charge in [0.15, 0.2) is 5.78 Å². The number of ketones is 1. The summed E-state index contributed by atoms with van der Waals surface area (Å²) >= 11 is 0. The largest absolute Gasteiger partial charge is 0.497 e. The summed E-state index contributed by atoms with van der Waals surface area (Å²) in [5, 5.41) is 11.0. The van der Waals surface area contributed by atoms with Crippen LogP contribution in [0.25, 0.3) is 28.2 Å². The zero-order valence-electron chi connectivity index (χ0n) is 27.3. The number of rotatable bonds is 7. The summed E-state index contributed by atoms with van der Waals surface area (Å²) in [6, 6.07) is 11.2. The van der Waals surface area contributed by atoms with E-state index in [2.05, 4.69) is 4.57 Å². The minimum Gasteiger partial charge on any atom is -0.497 e. The third-order valence-corrected chi connectivity index (χ3v) is 9.40. The molecule has 3 aliphatic rings. The van der Waals surface area contributed by atoms with Crippen LogP contribution in [0.4, 0.5) is 0 Å². The van der Waals surface area contributed by atoms with Crippen LogP contribution in [0.15, 0.2) is 53.7 Å². The molecule has 2 unspecified atom stereocenters. The topological polar surface area (TPSA) is 101 Å². The molecule has 9 nitrogen and oxygen atoms in total. The van der Waals surface area contributed by atoms with Crippen molar-refractivity contribution < 1.29 is 29.0 Å². The van der Waals surface area contributed by atoms with Gasteiger partial charge in [-0.3, -0.25) is 9.59 Å². The Morgan fingerprint density at radius 2 is 1.72 bits per heavy atom. The molecule has 2 atom stereocenters. The Kier molecular flexibility index (Phi) is 8.79. The van der Waals surface area contributed by atoms with Crippen LogP contribution in [-0.4, -0.2) is 83.6 Å². The van der Waals surface area contributed by atoms with Crippen LogP contribution in [0.2, 0.25) is 0 Å². The predicted octanol–water partition coefficient (Wildman–Crippen LogP) is 6.11. The molecule has 1 saturated carbocycles. The van der Waals surface area contributed by atoms with E-state index in [0.717, 1.165) is 53.4 Å². The quantitative estimate of drug-likeness (QED) is 0.192. The lowest BCUT2D eigenvalue weighted by Gasteiger charge is -2.35. The standard InChI is InChI=1S/C37H43N3O6/c1-22-18-39(19-23(2)46-22)36(42)31(21-38(3)4)35(41)27-15-26-16-28(45-5)12-14-29(26)34-33(24-9-7-6-8-10-24)30-13-11-25(37(43)44)17-32(30)40(34)20-27/h11-17,21-24H,6-10,18-20H2,1-5H3,(H,43,44). The number of ether oxygens (including phenoxy) is 2. The minimum atomic E-state index is -1.00. The lowest BCUT2D eigenvalue weighted by atomic mass is 9.81. The Labute approximate surface area is 270 Å². The number of Topliss-reactive ketones (excluding diaryl/α,β-unsaturated/α-hetero) is 1. The lowest BCUT2D eigenvalue weighted by Crippen LogP contribution is -2.49. The SMILES string of the molecule is COc1ccc2c(c1)C=C(C(=O)C(=CN(C)C)C(=O)N1CC(C)OC(C)C1)Cn1c-2c(C2CCCCC2)c2ccc(C(=O)O)cc21. The van der Waals surface area contributed by atoms with Crippen molar-refractivity contribution in [2.45, 2.75) is 70.6 Å². The summed E-state index contributed by atoms with van der Waals surface area (Å²) < 4.78 is 13.6. The van der Waals surface area contributed by atoms with Crippen LogP contribution in [0.5, 0.6) is 5.75 Å². The fraction of sp³-hybridized carbons (Fsp3) is 0.432. The molecule has 1 aromatic heterocycles. The summed E-state index contributed by atoms with van der Waals surface area (Å²) in [5.41, 5.74) is 5.48. The first-order valence-electron chi connectivity index (χ1n) is 16.2. The Morgan fingerprint density at radius 3 is 2.37 bits per heavy atom. The van der Waals surface area contributed by atoms with E-state index < -0.39 is 5.97 Å². The minimum absolute atomic E-state index is 0.0839. The Morgan fingerprint density at radius 1 is 1.00 bits per heavy atom. The maximum absolute atomic E-state index is 14.6. The van der Waals surface area contributed by atoms with Crippen LogP contribution in [0, 0.1) is 0 Å². The van der Waals surface area contributed by atoms with Gasteiger partial charge < -0.3 is 28.9 Å². The molecule has 1 N–H and O–H groups in total. The lowest BCUT2D eigenvalue weighted by molar-refractivity contribution is -0.140. The van der Waals surface area contributed by atoms with E-state index in [0.29, 0.717) is 30.3 Å². The summed E-state index contributed by atoms with van der Waals surface area (Å²) in [4.78, 5) is 44.3. The van der Waals surface area contributed by atoms with Gasteiger partial charge in [0.25, 0.3) is 5.91 Å². The van der Waals surface area contributed by atoms with E-state index in [9.17, 15) is 19.5 Å². The Bertz CT molecular complexity index is 1750. The second-order valence-corrected chi connectivity index (χ2v) is 13.1. The molecule has 2 aliphatic heterocycles. The molecule has 0 bridgehead atoms. The molecule has 0 spiro atoms. The van der Waals surface area contributed by atoms with E-state index >= 15 is 0 Å². The Balaban J connectivity index is 1.55. The highest BCUT2D eigenvalue weighted by atomic mass is 16.5. The van der Waals surface area contributed by atoms with Gasteiger partial charge in [0.2, 0.25) is 0 Å². The van der Waals surface area contributed by atoms with Crippen molar-refractivity contribution >= 4 is 34.6 Å². The van der Waals surface area contributed by atoms with Crippen molar-refractivity contribution in [1.82, 2.24) is 14.4 Å². The van der Waals surface area contributed by atoms with Crippen molar-refractivity contribution in [3.63, 3.8) is 0 Å². The second kappa shape index (κ2) is 12.8. The molecule has 9 heteroatoms. The molecule has 3 aromatic rings. The number of benzene rings is 2. The summed E-state index contributed by atoms with van der Waals surface area (Å²) in [6.07, 6.45) is 8.80. The van der Waals surface area contributed by atoms with Crippen molar-refractivity contribution in [1.29, 1.82) is 0 Å². The molecule has 0 radical (unpaired) electrons. The number of carboxylic acid groups (broad SMARTS) is 1. The number of amides is 1. The average molecular weight is 626 g/mol. The smallest absolute Gasteiger partial charge is 0.335 e. The number of morpholine rings is 1. The molecular formula is C37H43N3O6. The highest BCUT2D eigenvalue weighted by Crippen LogP contribution is 2.47. The average Bonchev–Trinajstić information content (AvgIpc) is 3.25. The number of hydrogen-bond donors (Lipinski definition) is 1. The highest BCUT2D eigenvalue weighted by Gasteiger charge is 2.35. The summed E-state index contributed by atoms with van der Waals surface area (Å²) in [7, 11) is 5.22. The van der Waals surface area contributed by atoms with E-state index in [1.54, 1.807) is 49.3 Å². The normalized spacial score (nSPS) is 20.4. The first kappa shape index (κ1) is 31.6. The number of carbonyl (C=O) groups excluding carboxylic acids is 2. The molecule has 2 fully saturated rings. The van der Waals surface area contributed by atoms with Gasteiger partial charge >= 0.3 is 5.97 Å². The van der Waals surface area contributed by atoms with Gasteiger partial charge in [0.05, 0.1) is 37.1 Å². The van der Waals surface area contributed by atoms with Crippen molar-refractivity contribution in [3.05, 3.63) is 70.4 Å². The first-order chi connectivity index (χ1) is 22.0. The number of allylic oxidation sites excluding steroid dienone is 1. The van der Waals surface area contributed by atoms with Gasteiger partial charge in [-0.2, -0.15) is 0 Å². The second-order valence-electron chi connectivity index (χ2n) is 13.1. The highest BCUT2D eigenvalue weighted by molar-refractivity contribution is 6.26. The van der Waals surface area contributed by atoms with Crippen LogP contribution in [-0.2, 0) is 20.9 Å². The fourth-order valence-electron chi connectivity index (χ4n) is 7.47. The van der Waals surface area contributed by atoms with Gasteiger partial charge in [0, 0.05) is 55.4 Å². The monoisotopic (exact) mass is 625 g/mol. The van der Waals surface area contributed by atoms with Gasteiger partial charge in [-0.1, -0.05) is 25.3 Å². The number of hydrogen-bond acceptors (Lipinski definition) is 6. The molecule has 46 heavy (non-hydrogen) atoms. The van der Waals surface area contributed by atoms with E-state index in [-0.39, 0.29) is 41.6 Å². The van der Waals surface area contributed by atoms with Gasteiger partial charge in [-0.05, 0) is 80.1 Å². The molecule has 3 heterocycles. The third kappa shape index (κ3) is 5.96. The zero-order chi connectivity index (χ0) is 32.7. The summed E-state index contributed by atoms with van der Waals surface area (Å²) in [6.45, 7) is 4.84. The van der Waals surface area contributed by atoms with Crippen molar-refractivity contribution in [2.24, 2.45) is 0 Å². The molecule has 1 saturated heterocycles. The fourth-order valence-corrected chi connectivity index (χ4v) is 7.47. The number of carbonyl (C=O) groups is 3.